The fraction of sp³-hybridized carbons (Fsp3) is 0.689. The fourth-order valence-corrected chi connectivity index (χ4v) is 6.14. The van der Waals surface area contributed by atoms with Crippen molar-refractivity contribution in [3.8, 4) is 0 Å². The zero-order valence-corrected chi connectivity index (χ0v) is 35.5. The zero-order chi connectivity index (χ0) is 40.3. The van der Waals surface area contributed by atoms with Crippen molar-refractivity contribution in [2.75, 3.05) is 26.4 Å². The molecule has 0 rings (SSSR count). The predicted octanol–water partition coefficient (Wildman–Crippen LogP) is 12.3. The molecule has 0 aliphatic carbocycles. The van der Waals surface area contributed by atoms with E-state index in [0.717, 1.165) is 51.4 Å². The maximum Gasteiger partial charge on any atom is 0.472 e. The molecule has 0 amide bonds. The number of hydrogen-bond acceptors (Lipinski definition) is 8. The monoisotopic (exact) mass is 792 g/mol. The maximum absolute atomic E-state index is 12.6. The highest BCUT2D eigenvalue weighted by atomic mass is 31.2. The maximum atomic E-state index is 12.6. The second-order valence-corrected chi connectivity index (χ2v) is 15.3. The first kappa shape index (κ1) is 52.5. The van der Waals surface area contributed by atoms with E-state index in [0.29, 0.717) is 12.8 Å². The molecule has 0 aromatic carbocycles. The summed E-state index contributed by atoms with van der Waals surface area (Å²) in [5, 5.41) is 0. The quantitative estimate of drug-likeness (QED) is 0.0270. The van der Waals surface area contributed by atoms with Gasteiger partial charge in [0.15, 0.2) is 6.10 Å². The van der Waals surface area contributed by atoms with Crippen LogP contribution >= 0.6 is 7.82 Å². The molecule has 0 aromatic rings. The molecule has 0 aliphatic heterocycles. The first-order valence-corrected chi connectivity index (χ1v) is 22.9. The molecule has 0 spiro atoms. The predicted molar refractivity (Wildman–Crippen MR) is 229 cm³/mol. The van der Waals surface area contributed by atoms with Crippen molar-refractivity contribution < 1.29 is 37.6 Å². The van der Waals surface area contributed by atoms with Crippen molar-refractivity contribution in [2.45, 2.75) is 174 Å². The van der Waals surface area contributed by atoms with E-state index in [9.17, 15) is 19.0 Å². The van der Waals surface area contributed by atoms with Gasteiger partial charge in [0.25, 0.3) is 0 Å². The van der Waals surface area contributed by atoms with Crippen molar-refractivity contribution in [3.05, 3.63) is 72.9 Å². The third kappa shape index (κ3) is 40.9. The number of carbonyl (C=O) groups is 2. The van der Waals surface area contributed by atoms with E-state index in [1.54, 1.807) is 0 Å². The summed E-state index contributed by atoms with van der Waals surface area (Å²) in [5.74, 6) is -0.935. The molecule has 1 unspecified atom stereocenters. The summed E-state index contributed by atoms with van der Waals surface area (Å²) in [6.07, 6.45) is 49.4. The molecule has 9 nitrogen and oxygen atoms in total. The second-order valence-electron chi connectivity index (χ2n) is 13.8. The van der Waals surface area contributed by atoms with E-state index in [-0.39, 0.29) is 32.6 Å². The summed E-state index contributed by atoms with van der Waals surface area (Å²) >= 11 is 0. The van der Waals surface area contributed by atoms with Crippen molar-refractivity contribution in [2.24, 2.45) is 5.73 Å². The van der Waals surface area contributed by atoms with Gasteiger partial charge in [-0.05, 0) is 77.0 Å². The fourth-order valence-electron chi connectivity index (χ4n) is 5.37. The van der Waals surface area contributed by atoms with Crippen LogP contribution in [0.15, 0.2) is 72.9 Å². The number of carbonyl (C=O) groups excluding carboxylic acids is 2. The number of phosphoric ester groups is 1. The molecular weight excluding hydrogens is 713 g/mol. The van der Waals surface area contributed by atoms with Crippen molar-refractivity contribution in [1.29, 1.82) is 0 Å². The van der Waals surface area contributed by atoms with Gasteiger partial charge in [-0.25, -0.2) is 4.57 Å². The van der Waals surface area contributed by atoms with Crippen LogP contribution in [-0.4, -0.2) is 49.3 Å². The Morgan fingerprint density at radius 1 is 0.545 bits per heavy atom. The lowest BCUT2D eigenvalue weighted by Crippen LogP contribution is -2.29. The molecule has 0 fully saturated rings. The molecule has 0 aliphatic rings. The van der Waals surface area contributed by atoms with Gasteiger partial charge in [-0.3, -0.25) is 18.6 Å². The SMILES string of the molecule is CCCCC/C=C\C/C=C\C/C=C\C/C=C\C/C=C\CCC(=O)OC[C@H](COP(=O)(O)OCCN)OC(=O)CCCCCCCCC/C=C\CCCCCC. The first-order chi connectivity index (χ1) is 26.8. The highest BCUT2D eigenvalue weighted by molar-refractivity contribution is 7.47. The van der Waals surface area contributed by atoms with E-state index >= 15 is 0 Å². The molecule has 2 atom stereocenters. The number of unbranched alkanes of at least 4 members (excludes halogenated alkanes) is 14. The number of allylic oxidation sites excluding steroid dienone is 12. The first-order valence-electron chi connectivity index (χ1n) is 21.4. The van der Waals surface area contributed by atoms with E-state index < -0.39 is 32.5 Å². The molecule has 3 N–H and O–H groups in total. The highest BCUT2D eigenvalue weighted by Crippen LogP contribution is 2.43. The molecule has 0 saturated heterocycles. The van der Waals surface area contributed by atoms with Crippen molar-refractivity contribution in [1.82, 2.24) is 0 Å². The third-order valence-electron chi connectivity index (χ3n) is 8.58. The number of phosphoric acid groups is 1. The number of rotatable bonds is 39. The van der Waals surface area contributed by atoms with Gasteiger partial charge in [0.2, 0.25) is 0 Å². The van der Waals surface area contributed by atoms with Crippen molar-refractivity contribution in [3.63, 3.8) is 0 Å². The summed E-state index contributed by atoms with van der Waals surface area (Å²) in [4.78, 5) is 34.8. The van der Waals surface area contributed by atoms with E-state index in [1.807, 2.05) is 12.2 Å². The Kier molecular flexibility index (Phi) is 39.2. The zero-order valence-electron chi connectivity index (χ0n) is 34.6. The van der Waals surface area contributed by atoms with Crippen LogP contribution in [0.4, 0.5) is 0 Å². The van der Waals surface area contributed by atoms with Gasteiger partial charge >= 0.3 is 19.8 Å². The lowest BCUT2D eigenvalue weighted by Gasteiger charge is -2.19. The summed E-state index contributed by atoms with van der Waals surface area (Å²) in [7, 11) is -4.40. The van der Waals surface area contributed by atoms with Crippen LogP contribution in [0.5, 0.6) is 0 Å². The normalized spacial score (nSPS) is 14.0. The second kappa shape index (κ2) is 41.1. The molecule has 10 heteroatoms. The number of hydrogen-bond donors (Lipinski definition) is 2. The topological polar surface area (TPSA) is 134 Å². The molecule has 0 saturated carbocycles. The Morgan fingerprint density at radius 2 is 0.982 bits per heavy atom. The Hall–Kier alpha value is -2.55. The Bertz CT molecular complexity index is 1130. The summed E-state index contributed by atoms with van der Waals surface area (Å²) in [6, 6.07) is 0. The molecule has 0 radical (unpaired) electrons. The van der Waals surface area contributed by atoms with Crippen LogP contribution in [0.3, 0.4) is 0 Å². The minimum Gasteiger partial charge on any atom is -0.462 e. The third-order valence-corrected chi connectivity index (χ3v) is 9.56. The van der Waals surface area contributed by atoms with Gasteiger partial charge in [-0.1, -0.05) is 151 Å². The Balaban J connectivity index is 4.30. The van der Waals surface area contributed by atoms with E-state index in [4.69, 9.17) is 24.3 Å². The summed E-state index contributed by atoms with van der Waals surface area (Å²) in [5.41, 5.74) is 5.34. The minimum absolute atomic E-state index is 0.0402. The van der Waals surface area contributed by atoms with Gasteiger partial charge in [0, 0.05) is 19.4 Å². The van der Waals surface area contributed by atoms with Crippen LogP contribution in [0, 0.1) is 0 Å². The minimum atomic E-state index is -4.40. The van der Waals surface area contributed by atoms with Crippen LogP contribution < -0.4 is 5.73 Å². The average Bonchev–Trinajstić information content (AvgIpc) is 3.17. The standard InChI is InChI=1S/C45H78NO8P/c1-3-5-7-9-11-13-15-17-19-20-21-22-24-25-27-29-31-33-35-37-44(47)51-41-43(42-53-55(49,50)52-40-39-46)54-45(48)38-36-34-32-30-28-26-23-18-16-14-12-10-8-6-4-2/h11,13-14,16-17,19,21-22,25,27,31,33,43H,3-10,12,15,18,20,23-24,26,28-30,32,34-42,46H2,1-2H3,(H,49,50)/b13-11-,16-14-,19-17-,22-21-,27-25-,33-31-/t43-/m1/s1. The molecule has 316 valence electrons. The van der Waals surface area contributed by atoms with Gasteiger partial charge in [0.05, 0.1) is 13.2 Å². The summed E-state index contributed by atoms with van der Waals surface area (Å²) in [6.45, 7) is 3.59. The van der Waals surface area contributed by atoms with Gasteiger partial charge in [-0.15, -0.1) is 0 Å². The summed E-state index contributed by atoms with van der Waals surface area (Å²) < 4.78 is 32.7. The molecule has 55 heavy (non-hydrogen) atoms. The van der Waals surface area contributed by atoms with Crippen LogP contribution in [-0.2, 0) is 32.7 Å². The number of ether oxygens (including phenoxy) is 2. The molecular formula is C45H78NO8P. The molecule has 0 heterocycles. The lowest BCUT2D eigenvalue weighted by atomic mass is 10.1. The Morgan fingerprint density at radius 3 is 1.53 bits per heavy atom. The van der Waals surface area contributed by atoms with Gasteiger partial charge in [0.1, 0.15) is 6.61 Å². The van der Waals surface area contributed by atoms with E-state index in [2.05, 4.69) is 74.6 Å². The number of esters is 2. The Labute approximate surface area is 335 Å². The average molecular weight is 792 g/mol. The highest BCUT2D eigenvalue weighted by Gasteiger charge is 2.25. The molecule has 0 aromatic heterocycles. The van der Waals surface area contributed by atoms with Gasteiger partial charge < -0.3 is 20.1 Å². The van der Waals surface area contributed by atoms with Gasteiger partial charge in [-0.2, -0.15) is 0 Å². The van der Waals surface area contributed by atoms with Crippen LogP contribution in [0.2, 0.25) is 0 Å². The molecule has 0 bridgehead atoms. The van der Waals surface area contributed by atoms with E-state index in [1.165, 1.54) is 77.0 Å². The van der Waals surface area contributed by atoms with Crippen LogP contribution in [0.1, 0.15) is 168 Å². The number of nitrogens with two attached hydrogens (primary N) is 1. The van der Waals surface area contributed by atoms with Crippen LogP contribution in [0.25, 0.3) is 0 Å². The van der Waals surface area contributed by atoms with Crippen molar-refractivity contribution >= 4 is 19.8 Å². The largest absolute Gasteiger partial charge is 0.472 e. The lowest BCUT2D eigenvalue weighted by molar-refractivity contribution is -0.161. The smallest absolute Gasteiger partial charge is 0.462 e.